The number of rotatable bonds is 6. The van der Waals surface area contributed by atoms with Gasteiger partial charge in [0.2, 0.25) is 0 Å². The zero-order chi connectivity index (χ0) is 31.5. The molecule has 0 spiro atoms. The summed E-state index contributed by atoms with van der Waals surface area (Å²) in [5.41, 5.74) is 2.78. The molecule has 2 radical (unpaired) electrons. The Morgan fingerprint density at radius 1 is 0.465 bits per heavy atom. The van der Waals surface area contributed by atoms with Gasteiger partial charge in [0.15, 0.2) is 0 Å². The predicted octanol–water partition coefficient (Wildman–Crippen LogP) is 8.99. The van der Waals surface area contributed by atoms with Crippen LogP contribution < -0.4 is 0 Å². The smallest absolute Gasteiger partial charge is 0.659 e. The number of nitrogens with zero attached hydrogens (tertiary/aromatic N) is 4. The van der Waals surface area contributed by atoms with Gasteiger partial charge in [-0.25, -0.2) is 0 Å². The molecule has 0 atom stereocenters. The standard InChI is InChI=1S/C14H22O.2C10H22N2.2Cu.2H2O/c1-13(2,3)10-7-8-12(15)11(9-10)14(4,5)6;2*1-9(2,3)11-7-8-12-10(4,5)6;;;;/h7-9,15H,1-6H3;2*7-8H2,1-6H3;;;2*1H2/q;2*-2;2*+2;;. The second-order valence-electron chi connectivity index (χ2n) is 16.4. The topological polar surface area (TPSA) is 140 Å². The van der Waals surface area contributed by atoms with E-state index in [0.29, 0.717) is 5.75 Å². The van der Waals surface area contributed by atoms with Crippen LogP contribution in [0.5, 0.6) is 5.75 Å². The maximum Gasteiger partial charge on any atom is 2.00 e. The van der Waals surface area contributed by atoms with Gasteiger partial charge in [-0.2, -0.15) is 26.2 Å². The second-order valence-corrected chi connectivity index (χ2v) is 16.4. The summed E-state index contributed by atoms with van der Waals surface area (Å²) in [4.78, 5) is 0. The van der Waals surface area contributed by atoms with Crippen molar-refractivity contribution in [2.45, 2.75) is 158 Å². The van der Waals surface area contributed by atoms with E-state index in [0.717, 1.165) is 31.7 Å². The van der Waals surface area contributed by atoms with Gasteiger partial charge in [-0.05, 0) is 28.0 Å². The second kappa shape index (κ2) is 22.4. The molecule has 7 nitrogen and oxygen atoms in total. The Morgan fingerprint density at radius 2 is 0.721 bits per heavy atom. The molecule has 1 rings (SSSR count). The van der Waals surface area contributed by atoms with Gasteiger partial charge >= 0.3 is 34.1 Å². The Morgan fingerprint density at radius 3 is 0.907 bits per heavy atom. The minimum atomic E-state index is -0.00859. The first-order valence-corrected chi connectivity index (χ1v) is 14.6. The van der Waals surface area contributed by atoms with Crippen LogP contribution in [0.1, 0.15) is 136 Å². The van der Waals surface area contributed by atoms with E-state index in [4.69, 9.17) is 0 Å². The molecule has 0 saturated heterocycles. The Bertz CT molecular complexity index is 746. The Balaban J connectivity index is -0.000000115. The van der Waals surface area contributed by atoms with Crippen molar-refractivity contribution in [3.8, 4) is 5.75 Å². The summed E-state index contributed by atoms with van der Waals surface area (Å²) in [6, 6.07) is 5.93. The van der Waals surface area contributed by atoms with E-state index >= 15 is 0 Å². The van der Waals surface area contributed by atoms with Crippen molar-refractivity contribution < 1.29 is 50.2 Å². The fourth-order valence-corrected chi connectivity index (χ4v) is 3.14. The average molecular weight is 710 g/mol. The normalized spacial score (nSPS) is 12.0. The fraction of sp³-hybridized carbons (Fsp3) is 0.824. The summed E-state index contributed by atoms with van der Waals surface area (Å²) in [6.45, 7) is 41.7. The van der Waals surface area contributed by atoms with Crippen LogP contribution >= 0.6 is 0 Å². The molecule has 0 saturated carbocycles. The van der Waals surface area contributed by atoms with Gasteiger partial charge in [0, 0.05) is 0 Å². The predicted molar refractivity (Wildman–Crippen MR) is 185 cm³/mol. The van der Waals surface area contributed by atoms with Crippen molar-refractivity contribution in [2.24, 2.45) is 0 Å². The van der Waals surface area contributed by atoms with Crippen LogP contribution in [-0.2, 0) is 45.0 Å². The molecule has 0 heterocycles. The molecule has 0 aromatic heterocycles. The molecule has 43 heavy (non-hydrogen) atoms. The maximum absolute atomic E-state index is 9.84. The van der Waals surface area contributed by atoms with Crippen LogP contribution in [0, 0.1) is 0 Å². The van der Waals surface area contributed by atoms with Gasteiger partial charge in [-0.1, -0.05) is 137 Å². The summed E-state index contributed by atoms with van der Waals surface area (Å²) in [7, 11) is 0. The molecular formula is C34H70Cu2N4O3. The third-order valence-electron chi connectivity index (χ3n) is 5.22. The molecule has 1 aromatic rings. The van der Waals surface area contributed by atoms with Gasteiger partial charge in [0.25, 0.3) is 0 Å². The third kappa shape index (κ3) is 36.2. The van der Waals surface area contributed by atoms with E-state index in [2.05, 4.69) is 152 Å². The Labute approximate surface area is 289 Å². The zero-order valence-electron chi connectivity index (χ0n) is 30.9. The third-order valence-corrected chi connectivity index (χ3v) is 5.22. The van der Waals surface area contributed by atoms with Gasteiger partial charge in [-0.15, -0.1) is 22.2 Å². The molecule has 266 valence electrons. The minimum absolute atomic E-state index is 0. The van der Waals surface area contributed by atoms with Crippen molar-refractivity contribution in [1.29, 1.82) is 0 Å². The molecule has 0 aliphatic heterocycles. The summed E-state index contributed by atoms with van der Waals surface area (Å²) >= 11 is 0. The number of hydrogen-bond donors (Lipinski definition) is 1. The van der Waals surface area contributed by atoms with Gasteiger partial charge < -0.3 is 37.3 Å². The van der Waals surface area contributed by atoms with Gasteiger partial charge in [0.05, 0.1) is 0 Å². The molecule has 0 bridgehead atoms. The Hall–Kier alpha value is -0.181. The summed E-state index contributed by atoms with van der Waals surface area (Å²) in [6.07, 6.45) is 0. The van der Waals surface area contributed by atoms with E-state index in [1.165, 1.54) is 5.56 Å². The molecule has 0 amide bonds. The van der Waals surface area contributed by atoms with Crippen LogP contribution in [0.15, 0.2) is 18.2 Å². The molecular weight excluding hydrogens is 639 g/mol. The van der Waals surface area contributed by atoms with E-state index < -0.39 is 0 Å². The molecule has 9 heteroatoms. The van der Waals surface area contributed by atoms with Crippen LogP contribution in [-0.4, -0.2) is 64.4 Å². The van der Waals surface area contributed by atoms with Crippen molar-refractivity contribution >= 4 is 0 Å². The molecule has 0 aliphatic rings. The first-order valence-electron chi connectivity index (χ1n) is 14.6. The molecule has 0 unspecified atom stereocenters. The van der Waals surface area contributed by atoms with Gasteiger partial charge in [-0.3, -0.25) is 0 Å². The van der Waals surface area contributed by atoms with E-state index in [1.54, 1.807) is 6.07 Å². The average Bonchev–Trinajstić information content (AvgIpc) is 2.65. The van der Waals surface area contributed by atoms with Crippen molar-refractivity contribution in [3.63, 3.8) is 0 Å². The molecule has 5 N–H and O–H groups in total. The number of hydrogen-bond acceptors (Lipinski definition) is 1. The first-order chi connectivity index (χ1) is 17.0. The molecule has 1 aromatic carbocycles. The van der Waals surface area contributed by atoms with Gasteiger partial charge in [0.1, 0.15) is 5.75 Å². The van der Waals surface area contributed by atoms with Crippen LogP contribution in [0.25, 0.3) is 21.3 Å². The van der Waals surface area contributed by atoms with Crippen LogP contribution in [0.4, 0.5) is 0 Å². The molecule has 0 fully saturated rings. The van der Waals surface area contributed by atoms with E-state index in [1.807, 2.05) is 6.07 Å². The monoisotopic (exact) mass is 708 g/mol. The number of phenols is 1. The SMILES string of the molecule is CC(C)(C)[N-]CC[N-]C(C)(C)C.CC(C)(C)[N-]CC[N-]C(C)(C)C.CC(C)(C)c1ccc(O)c(C(C)(C)C)c1.O.O.[Cu+2].[Cu+2]. The van der Waals surface area contributed by atoms with Crippen molar-refractivity contribution in [2.75, 3.05) is 26.2 Å². The quantitative estimate of drug-likeness (QED) is 0.229. The maximum atomic E-state index is 9.84. The minimum Gasteiger partial charge on any atom is -0.659 e. The fourth-order valence-electron chi connectivity index (χ4n) is 3.14. The van der Waals surface area contributed by atoms with Crippen LogP contribution in [0.2, 0.25) is 0 Å². The largest absolute Gasteiger partial charge is 2.00 e. The zero-order valence-corrected chi connectivity index (χ0v) is 32.8. The number of benzene rings is 1. The number of phenolic OH excluding ortho intramolecular Hbond substituents is 1. The summed E-state index contributed by atoms with van der Waals surface area (Å²) in [5.74, 6) is 0.399. The molecule has 0 aliphatic carbocycles. The van der Waals surface area contributed by atoms with Crippen molar-refractivity contribution in [1.82, 2.24) is 0 Å². The van der Waals surface area contributed by atoms with E-state index in [-0.39, 0.29) is 78.1 Å². The summed E-state index contributed by atoms with van der Waals surface area (Å²) < 4.78 is 0. The van der Waals surface area contributed by atoms with Crippen molar-refractivity contribution in [3.05, 3.63) is 50.6 Å². The Kier molecular flexibility index (Phi) is 28.7. The van der Waals surface area contributed by atoms with Crippen LogP contribution in [0.3, 0.4) is 0 Å². The summed E-state index contributed by atoms with van der Waals surface area (Å²) in [5, 5.41) is 27.7. The first kappa shape index (κ1) is 55.2. The van der Waals surface area contributed by atoms with E-state index in [9.17, 15) is 5.11 Å². The number of aromatic hydroxyl groups is 1.